The molecule has 5 heteroatoms. The summed E-state index contributed by atoms with van der Waals surface area (Å²) >= 11 is 0. The van der Waals surface area contributed by atoms with Crippen molar-refractivity contribution in [2.24, 2.45) is 5.73 Å². The molecule has 1 nitrogen and oxygen atoms in total. The molecule has 84 valence electrons. The second-order valence-corrected chi connectivity index (χ2v) is 3.24. The fraction of sp³-hybridized carbons (Fsp3) is 0.400. The molecule has 0 fully saturated rings. The third kappa shape index (κ3) is 2.68. The average Bonchev–Trinajstić information content (AvgIpc) is 2.15. The van der Waals surface area contributed by atoms with Gasteiger partial charge in [-0.1, -0.05) is 13.0 Å². The number of hydrogen-bond acceptors (Lipinski definition) is 1. The zero-order valence-corrected chi connectivity index (χ0v) is 8.11. The first kappa shape index (κ1) is 12.0. The van der Waals surface area contributed by atoms with E-state index in [0.717, 1.165) is 12.1 Å². The van der Waals surface area contributed by atoms with Gasteiger partial charge in [-0.15, -0.1) is 0 Å². The van der Waals surface area contributed by atoms with Gasteiger partial charge in [-0.3, -0.25) is 0 Å². The predicted molar refractivity (Wildman–Crippen MR) is 48.6 cm³/mol. The monoisotopic (exact) mass is 221 g/mol. The maximum atomic E-state index is 12.7. The van der Waals surface area contributed by atoms with Crippen LogP contribution in [0.3, 0.4) is 0 Å². The van der Waals surface area contributed by atoms with Crippen molar-refractivity contribution in [2.45, 2.75) is 25.6 Å². The highest BCUT2D eigenvalue weighted by atomic mass is 19.4. The molecular formula is C10H11F4N. The van der Waals surface area contributed by atoms with Gasteiger partial charge in [0.1, 0.15) is 5.82 Å². The first-order valence-corrected chi connectivity index (χ1v) is 4.48. The Hall–Kier alpha value is -1.10. The predicted octanol–water partition coefficient (Wildman–Crippen LogP) is 3.25. The minimum Gasteiger partial charge on any atom is -0.324 e. The lowest BCUT2D eigenvalue weighted by Gasteiger charge is -2.16. The van der Waals surface area contributed by atoms with Gasteiger partial charge in [0.25, 0.3) is 0 Å². The number of halogens is 4. The molecule has 0 saturated heterocycles. The van der Waals surface area contributed by atoms with Gasteiger partial charge in [0, 0.05) is 6.04 Å². The van der Waals surface area contributed by atoms with Gasteiger partial charge in [0.2, 0.25) is 0 Å². The topological polar surface area (TPSA) is 26.0 Å². The van der Waals surface area contributed by atoms with Crippen LogP contribution in [0.5, 0.6) is 0 Å². The van der Waals surface area contributed by atoms with Crippen LogP contribution in [0.25, 0.3) is 0 Å². The summed E-state index contributed by atoms with van der Waals surface area (Å²) in [6, 6.07) is 1.83. The Kier molecular flexibility index (Phi) is 3.34. The minimum atomic E-state index is -4.57. The van der Waals surface area contributed by atoms with Crippen molar-refractivity contribution in [3.8, 4) is 0 Å². The molecule has 1 aromatic rings. The van der Waals surface area contributed by atoms with Gasteiger partial charge in [-0.05, 0) is 24.1 Å². The van der Waals surface area contributed by atoms with Crippen LogP contribution in [-0.2, 0) is 6.18 Å². The van der Waals surface area contributed by atoms with Crippen molar-refractivity contribution < 1.29 is 17.6 Å². The first-order chi connectivity index (χ1) is 6.86. The lowest BCUT2D eigenvalue weighted by Crippen LogP contribution is -2.17. The molecule has 0 aliphatic rings. The Morgan fingerprint density at radius 2 is 1.93 bits per heavy atom. The lowest BCUT2D eigenvalue weighted by molar-refractivity contribution is -0.138. The molecule has 0 aliphatic heterocycles. The molecule has 0 spiro atoms. The molecule has 0 bridgehead atoms. The zero-order chi connectivity index (χ0) is 11.6. The number of rotatable bonds is 2. The van der Waals surface area contributed by atoms with Crippen LogP contribution in [-0.4, -0.2) is 0 Å². The summed E-state index contributed by atoms with van der Waals surface area (Å²) in [6.45, 7) is 1.67. The van der Waals surface area contributed by atoms with Crippen molar-refractivity contribution in [1.82, 2.24) is 0 Å². The van der Waals surface area contributed by atoms with Crippen molar-refractivity contribution in [3.05, 3.63) is 35.1 Å². The second kappa shape index (κ2) is 4.18. The number of hydrogen-bond donors (Lipinski definition) is 1. The van der Waals surface area contributed by atoms with E-state index in [-0.39, 0.29) is 5.56 Å². The molecular weight excluding hydrogens is 210 g/mol. The summed E-state index contributed by atoms with van der Waals surface area (Å²) < 4.78 is 50.2. The molecule has 1 rings (SSSR count). The van der Waals surface area contributed by atoms with E-state index >= 15 is 0 Å². The number of alkyl halides is 3. The van der Waals surface area contributed by atoms with E-state index < -0.39 is 23.6 Å². The van der Waals surface area contributed by atoms with Crippen LogP contribution < -0.4 is 5.73 Å². The van der Waals surface area contributed by atoms with Crippen LogP contribution >= 0.6 is 0 Å². The van der Waals surface area contributed by atoms with E-state index in [1.54, 1.807) is 6.92 Å². The number of nitrogens with two attached hydrogens (primary N) is 1. The molecule has 0 unspecified atom stereocenters. The fourth-order valence-corrected chi connectivity index (χ4v) is 1.32. The van der Waals surface area contributed by atoms with Crippen LogP contribution in [0.4, 0.5) is 17.6 Å². The zero-order valence-electron chi connectivity index (χ0n) is 8.11. The smallest absolute Gasteiger partial charge is 0.324 e. The highest BCUT2D eigenvalue weighted by Gasteiger charge is 2.34. The van der Waals surface area contributed by atoms with Gasteiger partial charge in [0.15, 0.2) is 0 Å². The van der Waals surface area contributed by atoms with Crippen LogP contribution in [0.2, 0.25) is 0 Å². The Labute approximate surface area is 84.9 Å². The molecule has 15 heavy (non-hydrogen) atoms. The summed E-state index contributed by atoms with van der Waals surface area (Å²) in [4.78, 5) is 0. The van der Waals surface area contributed by atoms with Gasteiger partial charge in [-0.2, -0.15) is 13.2 Å². The van der Waals surface area contributed by atoms with Gasteiger partial charge in [0.05, 0.1) is 5.56 Å². The van der Waals surface area contributed by atoms with Crippen molar-refractivity contribution in [2.75, 3.05) is 0 Å². The molecule has 1 atom stereocenters. The van der Waals surface area contributed by atoms with Crippen LogP contribution in [0.15, 0.2) is 18.2 Å². The van der Waals surface area contributed by atoms with Crippen molar-refractivity contribution in [3.63, 3.8) is 0 Å². The van der Waals surface area contributed by atoms with Gasteiger partial charge >= 0.3 is 6.18 Å². The third-order valence-electron chi connectivity index (χ3n) is 2.16. The Morgan fingerprint density at radius 1 is 1.33 bits per heavy atom. The maximum Gasteiger partial charge on any atom is 0.416 e. The molecule has 0 aromatic heterocycles. The van der Waals surface area contributed by atoms with Crippen molar-refractivity contribution in [1.29, 1.82) is 0 Å². The summed E-state index contributed by atoms with van der Waals surface area (Å²) in [7, 11) is 0. The van der Waals surface area contributed by atoms with E-state index in [4.69, 9.17) is 5.73 Å². The first-order valence-electron chi connectivity index (χ1n) is 4.48. The number of benzene rings is 1. The van der Waals surface area contributed by atoms with E-state index in [1.165, 1.54) is 0 Å². The van der Waals surface area contributed by atoms with Crippen molar-refractivity contribution >= 4 is 0 Å². The molecule has 0 radical (unpaired) electrons. The summed E-state index contributed by atoms with van der Waals surface area (Å²) in [5, 5.41) is 0. The Bertz CT molecular complexity index is 346. The Balaban J connectivity index is 3.27. The highest BCUT2D eigenvalue weighted by Crippen LogP contribution is 2.35. The summed E-state index contributed by atoms with van der Waals surface area (Å²) in [6.07, 6.45) is -4.20. The molecule has 0 amide bonds. The molecule has 0 saturated carbocycles. The lowest BCUT2D eigenvalue weighted by atomic mass is 9.98. The van der Waals surface area contributed by atoms with Gasteiger partial charge < -0.3 is 5.73 Å². The van der Waals surface area contributed by atoms with E-state index in [0.29, 0.717) is 12.5 Å². The largest absolute Gasteiger partial charge is 0.416 e. The maximum absolute atomic E-state index is 12.7. The van der Waals surface area contributed by atoms with E-state index in [1.807, 2.05) is 0 Å². The molecule has 2 N–H and O–H groups in total. The average molecular weight is 221 g/mol. The molecule has 1 aromatic carbocycles. The highest BCUT2D eigenvalue weighted by molar-refractivity contribution is 5.32. The second-order valence-electron chi connectivity index (χ2n) is 3.24. The quantitative estimate of drug-likeness (QED) is 0.762. The SMILES string of the molecule is CC[C@H](N)c1ccc(F)cc1C(F)(F)F. The summed E-state index contributed by atoms with van der Waals surface area (Å²) in [5.41, 5.74) is 4.47. The Morgan fingerprint density at radius 3 is 2.40 bits per heavy atom. The minimum absolute atomic E-state index is 0.0635. The van der Waals surface area contributed by atoms with Crippen LogP contribution in [0, 0.1) is 5.82 Å². The van der Waals surface area contributed by atoms with E-state index in [2.05, 4.69) is 0 Å². The third-order valence-corrected chi connectivity index (χ3v) is 2.16. The molecule has 0 aliphatic carbocycles. The summed E-state index contributed by atoms with van der Waals surface area (Å²) in [5.74, 6) is -0.908. The normalized spacial score (nSPS) is 14.0. The molecule has 0 heterocycles. The fourth-order valence-electron chi connectivity index (χ4n) is 1.32. The standard InChI is InChI=1S/C10H11F4N/c1-2-9(15)7-4-3-6(11)5-8(7)10(12,13)14/h3-5,9H,2,15H2,1H3/t9-/m0/s1. The van der Waals surface area contributed by atoms with Gasteiger partial charge in [-0.25, -0.2) is 4.39 Å². The van der Waals surface area contributed by atoms with Crippen LogP contribution in [0.1, 0.15) is 30.5 Å². The van der Waals surface area contributed by atoms with E-state index in [9.17, 15) is 17.6 Å².